The van der Waals surface area contributed by atoms with Gasteiger partial charge in [0.05, 0.1) is 0 Å². The monoisotopic (exact) mass is 184 g/mol. The third-order valence-electron chi connectivity index (χ3n) is 1.07. The summed E-state index contributed by atoms with van der Waals surface area (Å²) in [5.41, 5.74) is 0.246. The van der Waals surface area contributed by atoms with Crippen LogP contribution in [0.3, 0.4) is 0 Å². The van der Waals surface area contributed by atoms with E-state index in [2.05, 4.69) is 11.3 Å². The van der Waals surface area contributed by atoms with Crippen molar-refractivity contribution >= 4 is 11.8 Å². The number of carbonyl (C=O) groups is 2. The zero-order valence-corrected chi connectivity index (χ0v) is 7.66. The smallest absolute Gasteiger partial charge is 0.333 e. The SMILES string of the molecule is C=C(C)C(=O)OCC(O)=CC(C)=O. The molecule has 0 unspecified atom stereocenters. The van der Waals surface area contributed by atoms with E-state index in [0.717, 1.165) is 6.08 Å². The topological polar surface area (TPSA) is 63.6 Å². The van der Waals surface area contributed by atoms with E-state index in [1.165, 1.54) is 13.8 Å². The van der Waals surface area contributed by atoms with Crippen molar-refractivity contribution in [2.45, 2.75) is 13.8 Å². The number of hydrogen-bond donors (Lipinski definition) is 1. The number of aliphatic hydroxyl groups excluding tert-OH is 1. The number of ketones is 1. The predicted molar refractivity (Wildman–Crippen MR) is 47.2 cm³/mol. The molecular weight excluding hydrogens is 172 g/mol. The molecule has 13 heavy (non-hydrogen) atoms. The zero-order valence-electron chi connectivity index (χ0n) is 7.66. The summed E-state index contributed by atoms with van der Waals surface area (Å²) in [4.78, 5) is 21.2. The number of rotatable bonds is 4. The van der Waals surface area contributed by atoms with Gasteiger partial charge < -0.3 is 9.84 Å². The summed E-state index contributed by atoms with van der Waals surface area (Å²) in [5, 5.41) is 8.98. The van der Waals surface area contributed by atoms with Crippen molar-refractivity contribution in [2.24, 2.45) is 0 Å². The van der Waals surface area contributed by atoms with Crippen LogP contribution in [-0.4, -0.2) is 23.5 Å². The molecule has 0 bridgehead atoms. The van der Waals surface area contributed by atoms with Gasteiger partial charge >= 0.3 is 5.97 Å². The first-order valence-electron chi connectivity index (χ1n) is 3.66. The van der Waals surface area contributed by atoms with Gasteiger partial charge in [0.25, 0.3) is 0 Å². The van der Waals surface area contributed by atoms with Crippen LogP contribution in [0.15, 0.2) is 24.0 Å². The Morgan fingerprint density at radius 3 is 2.38 bits per heavy atom. The first kappa shape index (κ1) is 11.4. The van der Waals surface area contributed by atoms with Crippen molar-refractivity contribution in [1.29, 1.82) is 0 Å². The summed E-state index contributed by atoms with van der Waals surface area (Å²) >= 11 is 0. The molecule has 0 aliphatic rings. The first-order chi connectivity index (χ1) is 5.93. The van der Waals surface area contributed by atoms with Crippen LogP contribution in [0, 0.1) is 0 Å². The van der Waals surface area contributed by atoms with E-state index >= 15 is 0 Å². The number of hydrogen-bond acceptors (Lipinski definition) is 4. The molecule has 0 atom stereocenters. The van der Waals surface area contributed by atoms with Crippen LogP contribution in [0.2, 0.25) is 0 Å². The van der Waals surface area contributed by atoms with Gasteiger partial charge in [-0.05, 0) is 13.8 Å². The Hall–Kier alpha value is -1.58. The van der Waals surface area contributed by atoms with Crippen LogP contribution in [0.25, 0.3) is 0 Å². The highest BCUT2D eigenvalue weighted by atomic mass is 16.5. The van der Waals surface area contributed by atoms with Crippen LogP contribution in [0.1, 0.15) is 13.8 Å². The lowest BCUT2D eigenvalue weighted by Gasteiger charge is -2.02. The van der Waals surface area contributed by atoms with Gasteiger partial charge in [0.1, 0.15) is 12.4 Å². The third-order valence-corrected chi connectivity index (χ3v) is 1.07. The molecule has 4 heteroatoms. The zero-order chi connectivity index (χ0) is 10.4. The fraction of sp³-hybridized carbons (Fsp3) is 0.333. The highest BCUT2D eigenvalue weighted by Crippen LogP contribution is 1.96. The summed E-state index contributed by atoms with van der Waals surface area (Å²) in [7, 11) is 0. The van der Waals surface area contributed by atoms with Crippen LogP contribution in [-0.2, 0) is 14.3 Å². The van der Waals surface area contributed by atoms with Crippen LogP contribution in [0.4, 0.5) is 0 Å². The molecule has 0 fully saturated rings. The molecule has 0 aliphatic heterocycles. The van der Waals surface area contributed by atoms with Gasteiger partial charge in [0, 0.05) is 11.6 Å². The van der Waals surface area contributed by atoms with Crippen molar-refractivity contribution < 1.29 is 19.4 Å². The van der Waals surface area contributed by atoms with Crippen molar-refractivity contribution in [3.63, 3.8) is 0 Å². The Labute approximate surface area is 76.5 Å². The molecule has 0 saturated heterocycles. The summed E-state index contributed by atoms with van der Waals surface area (Å²) in [6, 6.07) is 0. The largest absolute Gasteiger partial charge is 0.509 e. The van der Waals surface area contributed by atoms with Gasteiger partial charge in [-0.1, -0.05) is 6.58 Å². The molecule has 0 aliphatic carbocycles. The predicted octanol–water partition coefficient (Wildman–Crippen LogP) is 1.14. The molecule has 0 aromatic heterocycles. The lowest BCUT2D eigenvalue weighted by Crippen LogP contribution is -2.08. The first-order valence-corrected chi connectivity index (χ1v) is 3.66. The summed E-state index contributed by atoms with van der Waals surface area (Å²) in [6.07, 6.45) is 0.992. The minimum absolute atomic E-state index is 0.246. The number of aliphatic hydroxyl groups is 1. The highest BCUT2D eigenvalue weighted by molar-refractivity contribution is 5.88. The molecule has 1 N–H and O–H groups in total. The maximum atomic E-state index is 10.8. The van der Waals surface area contributed by atoms with E-state index in [-0.39, 0.29) is 23.7 Å². The van der Waals surface area contributed by atoms with Gasteiger partial charge in [0.2, 0.25) is 0 Å². The standard InChI is InChI=1S/C9H12O4/c1-6(2)9(12)13-5-8(11)4-7(3)10/h4,11H,1,5H2,2-3H3. The molecule has 4 nitrogen and oxygen atoms in total. The molecular formula is C9H12O4. The van der Waals surface area contributed by atoms with E-state index in [0.29, 0.717) is 0 Å². The lowest BCUT2D eigenvalue weighted by molar-refractivity contribution is -0.138. The number of carbonyl (C=O) groups excluding carboxylic acids is 2. The fourth-order valence-electron chi connectivity index (χ4n) is 0.539. The maximum absolute atomic E-state index is 10.8. The molecule has 0 amide bonds. The van der Waals surface area contributed by atoms with Gasteiger partial charge in [-0.3, -0.25) is 4.79 Å². The van der Waals surface area contributed by atoms with Crippen molar-refractivity contribution in [3.05, 3.63) is 24.0 Å². The molecule has 0 rings (SSSR count). The van der Waals surface area contributed by atoms with Crippen LogP contribution < -0.4 is 0 Å². The number of esters is 1. The van der Waals surface area contributed by atoms with Crippen molar-refractivity contribution in [1.82, 2.24) is 0 Å². The summed E-state index contributed by atoms with van der Waals surface area (Å²) in [5.74, 6) is -1.17. The van der Waals surface area contributed by atoms with E-state index in [1.54, 1.807) is 0 Å². The lowest BCUT2D eigenvalue weighted by atomic mass is 10.3. The average Bonchev–Trinajstić information content (AvgIpc) is 1.98. The second kappa shape index (κ2) is 5.13. The minimum Gasteiger partial charge on any atom is -0.509 e. The molecule has 72 valence electrons. The second-order valence-corrected chi connectivity index (χ2v) is 2.60. The summed E-state index contributed by atoms with van der Waals surface area (Å²) in [6.45, 7) is 5.83. The van der Waals surface area contributed by atoms with Crippen molar-refractivity contribution in [3.8, 4) is 0 Å². The molecule has 0 saturated carbocycles. The Balaban J connectivity index is 3.97. The third kappa shape index (κ3) is 5.66. The Kier molecular flexibility index (Phi) is 4.51. The molecule has 0 radical (unpaired) electrons. The quantitative estimate of drug-likeness (QED) is 0.404. The molecule has 0 spiro atoms. The Morgan fingerprint density at radius 1 is 1.46 bits per heavy atom. The van der Waals surface area contributed by atoms with Crippen LogP contribution >= 0.6 is 0 Å². The second-order valence-electron chi connectivity index (χ2n) is 2.60. The molecule has 0 aromatic rings. The average molecular weight is 184 g/mol. The van der Waals surface area contributed by atoms with Gasteiger partial charge in [-0.25, -0.2) is 4.79 Å². The van der Waals surface area contributed by atoms with Gasteiger partial charge in [-0.15, -0.1) is 0 Å². The maximum Gasteiger partial charge on any atom is 0.333 e. The molecule has 0 heterocycles. The Morgan fingerprint density at radius 2 is 2.00 bits per heavy atom. The van der Waals surface area contributed by atoms with E-state index in [9.17, 15) is 9.59 Å². The number of allylic oxidation sites excluding steroid dienone is 1. The van der Waals surface area contributed by atoms with Crippen LogP contribution in [0.5, 0.6) is 0 Å². The van der Waals surface area contributed by atoms with E-state index in [1.807, 2.05) is 0 Å². The highest BCUT2D eigenvalue weighted by Gasteiger charge is 2.04. The number of ether oxygens (including phenoxy) is 1. The summed E-state index contributed by atoms with van der Waals surface area (Å²) < 4.78 is 4.56. The fourth-order valence-corrected chi connectivity index (χ4v) is 0.539. The van der Waals surface area contributed by atoms with Gasteiger partial charge in [-0.2, -0.15) is 0 Å². The van der Waals surface area contributed by atoms with E-state index < -0.39 is 5.97 Å². The Bertz CT molecular complexity index is 263. The minimum atomic E-state index is -0.594. The molecule has 0 aromatic carbocycles. The van der Waals surface area contributed by atoms with Crippen molar-refractivity contribution in [2.75, 3.05) is 6.61 Å². The van der Waals surface area contributed by atoms with Gasteiger partial charge in [0.15, 0.2) is 5.78 Å². The van der Waals surface area contributed by atoms with E-state index in [4.69, 9.17) is 5.11 Å². The normalized spacial score (nSPS) is 10.8.